The Kier molecular flexibility index (Phi) is 3.88. The number of hydrogen-bond acceptors (Lipinski definition) is 4. The number of carbonyl (C=O) groups excluding carboxylic acids is 2. The Morgan fingerprint density at radius 3 is 2.79 bits per heavy atom. The molecule has 0 spiro atoms. The van der Waals surface area contributed by atoms with Gasteiger partial charge in [0.25, 0.3) is 5.91 Å². The van der Waals surface area contributed by atoms with Gasteiger partial charge in [0.15, 0.2) is 0 Å². The van der Waals surface area contributed by atoms with Gasteiger partial charge in [0.2, 0.25) is 0 Å². The molecule has 1 heterocycles. The number of likely N-dealkylation sites (N-methyl/N-ethyl adjacent to an activating group) is 1. The average Bonchev–Trinajstić information content (AvgIpc) is 2.69. The summed E-state index contributed by atoms with van der Waals surface area (Å²) in [7, 11) is 2.87. The van der Waals surface area contributed by atoms with Gasteiger partial charge in [-0.05, 0) is 12.8 Å². The lowest BCUT2D eigenvalue weighted by molar-refractivity contribution is -0.149. The van der Waals surface area contributed by atoms with Crippen LogP contribution >= 0.6 is 0 Å². The van der Waals surface area contributed by atoms with Crippen molar-refractivity contribution in [2.75, 3.05) is 27.3 Å². The largest absolute Gasteiger partial charge is 0.468 e. The second-order valence-electron chi connectivity index (χ2n) is 3.27. The van der Waals surface area contributed by atoms with Gasteiger partial charge in [-0.2, -0.15) is 0 Å². The minimum Gasteiger partial charge on any atom is -0.468 e. The quantitative estimate of drug-likeness (QED) is 0.593. The van der Waals surface area contributed by atoms with Gasteiger partial charge in [0.1, 0.15) is 12.6 Å². The third kappa shape index (κ3) is 2.70. The van der Waals surface area contributed by atoms with E-state index in [1.807, 2.05) is 0 Å². The van der Waals surface area contributed by atoms with Crippen LogP contribution in [0.1, 0.15) is 12.8 Å². The Morgan fingerprint density at radius 2 is 2.29 bits per heavy atom. The number of ether oxygens (including phenoxy) is 2. The van der Waals surface area contributed by atoms with Crippen molar-refractivity contribution in [1.29, 1.82) is 0 Å². The van der Waals surface area contributed by atoms with Crippen molar-refractivity contribution in [2.45, 2.75) is 18.9 Å². The Morgan fingerprint density at radius 1 is 1.57 bits per heavy atom. The average molecular weight is 201 g/mol. The first-order valence-electron chi connectivity index (χ1n) is 4.58. The molecule has 5 nitrogen and oxygen atoms in total. The summed E-state index contributed by atoms with van der Waals surface area (Å²) < 4.78 is 9.67. The van der Waals surface area contributed by atoms with E-state index < -0.39 is 5.97 Å². The second-order valence-corrected chi connectivity index (χ2v) is 3.27. The van der Waals surface area contributed by atoms with E-state index in [2.05, 4.69) is 4.74 Å². The summed E-state index contributed by atoms with van der Waals surface area (Å²) in [6.45, 7) is 0.609. The molecule has 1 atom stereocenters. The van der Waals surface area contributed by atoms with Crippen LogP contribution in [0, 0.1) is 0 Å². The van der Waals surface area contributed by atoms with Crippen LogP contribution in [0.4, 0.5) is 0 Å². The smallest absolute Gasteiger partial charge is 0.325 e. The van der Waals surface area contributed by atoms with Crippen molar-refractivity contribution in [2.24, 2.45) is 0 Å². The van der Waals surface area contributed by atoms with Crippen molar-refractivity contribution in [1.82, 2.24) is 4.90 Å². The monoisotopic (exact) mass is 201 g/mol. The maximum Gasteiger partial charge on any atom is 0.325 e. The maximum absolute atomic E-state index is 11.6. The van der Waals surface area contributed by atoms with Crippen molar-refractivity contribution < 1.29 is 19.1 Å². The Balaban J connectivity index is 2.39. The Bertz CT molecular complexity index is 223. The third-order valence-electron chi connectivity index (χ3n) is 2.18. The fourth-order valence-corrected chi connectivity index (χ4v) is 1.35. The van der Waals surface area contributed by atoms with Crippen molar-refractivity contribution in [3.8, 4) is 0 Å². The van der Waals surface area contributed by atoms with Gasteiger partial charge in [-0.3, -0.25) is 9.59 Å². The summed E-state index contributed by atoms with van der Waals surface area (Å²) in [5, 5.41) is 0. The molecule has 0 aliphatic carbocycles. The summed E-state index contributed by atoms with van der Waals surface area (Å²) in [6, 6.07) is 0. The first-order chi connectivity index (χ1) is 6.65. The van der Waals surface area contributed by atoms with Crippen molar-refractivity contribution in [3.63, 3.8) is 0 Å². The molecule has 0 bridgehead atoms. The molecule has 0 unspecified atom stereocenters. The fourth-order valence-electron chi connectivity index (χ4n) is 1.35. The Hall–Kier alpha value is -1.10. The molecule has 0 aromatic rings. The van der Waals surface area contributed by atoms with Crippen LogP contribution in [0.25, 0.3) is 0 Å². The fraction of sp³-hybridized carbons (Fsp3) is 0.778. The molecule has 0 saturated carbocycles. The molecule has 14 heavy (non-hydrogen) atoms. The number of methoxy groups -OCH3 is 1. The normalized spacial score (nSPS) is 20.6. The first-order valence-corrected chi connectivity index (χ1v) is 4.58. The topological polar surface area (TPSA) is 55.8 Å². The highest BCUT2D eigenvalue weighted by molar-refractivity contribution is 5.85. The van der Waals surface area contributed by atoms with Crippen LogP contribution in [0.2, 0.25) is 0 Å². The van der Waals surface area contributed by atoms with Crippen LogP contribution < -0.4 is 0 Å². The van der Waals surface area contributed by atoms with Gasteiger partial charge in [-0.1, -0.05) is 0 Å². The van der Waals surface area contributed by atoms with Gasteiger partial charge in [0, 0.05) is 13.7 Å². The highest BCUT2D eigenvalue weighted by Gasteiger charge is 2.27. The number of rotatable bonds is 3. The summed E-state index contributed by atoms with van der Waals surface area (Å²) in [5.74, 6) is -0.563. The van der Waals surface area contributed by atoms with Crippen LogP contribution in [-0.4, -0.2) is 50.2 Å². The van der Waals surface area contributed by atoms with E-state index in [-0.39, 0.29) is 18.6 Å². The van der Waals surface area contributed by atoms with Crippen molar-refractivity contribution >= 4 is 11.9 Å². The molecule has 0 radical (unpaired) electrons. The van der Waals surface area contributed by atoms with Gasteiger partial charge in [0.05, 0.1) is 7.11 Å². The third-order valence-corrected chi connectivity index (χ3v) is 2.18. The summed E-state index contributed by atoms with van der Waals surface area (Å²) in [5.41, 5.74) is 0. The molecule has 1 aliphatic rings. The molecule has 1 aliphatic heterocycles. The van der Waals surface area contributed by atoms with Crippen LogP contribution in [0.5, 0.6) is 0 Å². The van der Waals surface area contributed by atoms with Crippen LogP contribution in [0.3, 0.4) is 0 Å². The number of carbonyl (C=O) groups is 2. The van der Waals surface area contributed by atoms with E-state index in [0.717, 1.165) is 12.8 Å². The minimum atomic E-state index is -0.418. The SMILES string of the molecule is COC(=O)CN(C)C(=O)[C@@H]1CCCO1. The highest BCUT2D eigenvalue weighted by atomic mass is 16.5. The van der Waals surface area contributed by atoms with Gasteiger partial charge in [-0.25, -0.2) is 0 Å². The molecule has 80 valence electrons. The van der Waals surface area contributed by atoms with Gasteiger partial charge < -0.3 is 14.4 Å². The maximum atomic E-state index is 11.6. The first kappa shape index (κ1) is 11.0. The summed E-state index contributed by atoms with van der Waals surface area (Å²) in [4.78, 5) is 23.8. The standard InChI is InChI=1S/C9H15NO4/c1-10(6-8(11)13-2)9(12)7-4-3-5-14-7/h7H,3-6H2,1-2H3/t7-/m0/s1. The zero-order chi connectivity index (χ0) is 10.6. The number of esters is 1. The predicted octanol–water partition coefficient (Wildman–Crippen LogP) is -0.203. The van der Waals surface area contributed by atoms with Crippen molar-refractivity contribution in [3.05, 3.63) is 0 Å². The lowest BCUT2D eigenvalue weighted by Gasteiger charge is -2.18. The van der Waals surface area contributed by atoms with E-state index in [1.165, 1.54) is 12.0 Å². The van der Waals surface area contributed by atoms with Crippen LogP contribution in [-0.2, 0) is 19.1 Å². The molecular formula is C9H15NO4. The molecule has 0 aromatic carbocycles. The molecule has 0 N–H and O–H groups in total. The summed E-state index contributed by atoms with van der Waals surface area (Å²) >= 11 is 0. The summed E-state index contributed by atoms with van der Waals surface area (Å²) in [6.07, 6.45) is 1.27. The zero-order valence-corrected chi connectivity index (χ0v) is 8.49. The molecular weight excluding hydrogens is 186 g/mol. The Labute approximate surface area is 83.0 Å². The van der Waals surface area contributed by atoms with E-state index in [0.29, 0.717) is 6.61 Å². The van der Waals surface area contributed by atoms with E-state index in [4.69, 9.17) is 4.74 Å². The van der Waals surface area contributed by atoms with Gasteiger partial charge in [-0.15, -0.1) is 0 Å². The minimum absolute atomic E-state index is 0.0187. The van der Waals surface area contributed by atoms with E-state index in [9.17, 15) is 9.59 Å². The lowest BCUT2D eigenvalue weighted by atomic mass is 10.2. The zero-order valence-electron chi connectivity index (χ0n) is 8.49. The highest BCUT2D eigenvalue weighted by Crippen LogP contribution is 2.13. The van der Waals surface area contributed by atoms with Gasteiger partial charge >= 0.3 is 5.97 Å². The molecule has 1 rings (SSSR count). The number of hydrogen-bond donors (Lipinski definition) is 0. The molecule has 0 aromatic heterocycles. The molecule has 5 heteroatoms. The lowest BCUT2D eigenvalue weighted by Crippen LogP contribution is -2.39. The number of nitrogens with zero attached hydrogens (tertiary/aromatic N) is 1. The predicted molar refractivity (Wildman–Crippen MR) is 48.6 cm³/mol. The second kappa shape index (κ2) is 4.95. The van der Waals surface area contributed by atoms with Crippen LogP contribution in [0.15, 0.2) is 0 Å². The molecule has 1 saturated heterocycles. The van der Waals surface area contributed by atoms with E-state index >= 15 is 0 Å². The van der Waals surface area contributed by atoms with E-state index in [1.54, 1.807) is 7.05 Å². The molecule has 1 fully saturated rings. The number of amides is 1. The molecule has 1 amide bonds.